The van der Waals surface area contributed by atoms with E-state index in [0.29, 0.717) is 11.7 Å². The lowest BCUT2D eigenvalue weighted by atomic mass is 10.2. The molecular formula is C16H20N4OS. The van der Waals surface area contributed by atoms with E-state index in [1.807, 2.05) is 44.2 Å². The Labute approximate surface area is 135 Å². The molecule has 0 unspecified atom stereocenters. The maximum Gasteiger partial charge on any atom is 0.187 e. The monoisotopic (exact) mass is 316 g/mol. The molecule has 0 saturated heterocycles. The molecule has 0 saturated carbocycles. The van der Waals surface area contributed by atoms with Gasteiger partial charge in [0.2, 0.25) is 0 Å². The zero-order chi connectivity index (χ0) is 15.9. The minimum atomic E-state index is 0.483. The van der Waals surface area contributed by atoms with E-state index >= 15 is 0 Å². The van der Waals surface area contributed by atoms with Gasteiger partial charge in [-0.15, -0.1) is 0 Å². The zero-order valence-corrected chi connectivity index (χ0v) is 13.8. The molecule has 0 aliphatic rings. The Kier molecular flexibility index (Phi) is 5.55. The van der Waals surface area contributed by atoms with Gasteiger partial charge in [0.05, 0.1) is 13.3 Å². The number of aryl methyl sites for hydroxylation is 2. The molecule has 2 aromatic rings. The van der Waals surface area contributed by atoms with E-state index in [4.69, 9.17) is 17.0 Å². The van der Waals surface area contributed by atoms with Crippen molar-refractivity contribution in [3.8, 4) is 5.75 Å². The lowest BCUT2D eigenvalue weighted by Crippen LogP contribution is -2.31. The summed E-state index contributed by atoms with van der Waals surface area (Å²) in [7, 11) is 1.65. The van der Waals surface area contributed by atoms with Gasteiger partial charge in [-0.1, -0.05) is 12.1 Å². The molecule has 1 aromatic heterocycles. The molecule has 0 atom stereocenters. The number of nitrogens with zero attached hydrogens (tertiary/aromatic N) is 1. The van der Waals surface area contributed by atoms with Crippen LogP contribution in [0, 0.1) is 13.8 Å². The molecule has 2 rings (SSSR count). The first-order valence-electron chi connectivity index (χ1n) is 6.94. The molecule has 1 aromatic carbocycles. The number of nitrogens with one attached hydrogen (secondary N) is 3. The van der Waals surface area contributed by atoms with Gasteiger partial charge in [-0.2, -0.15) is 5.10 Å². The van der Waals surface area contributed by atoms with Gasteiger partial charge in [0.25, 0.3) is 0 Å². The Morgan fingerprint density at radius 2 is 2.05 bits per heavy atom. The first-order chi connectivity index (χ1) is 10.6. The molecule has 22 heavy (non-hydrogen) atoms. The van der Waals surface area contributed by atoms with Crippen LogP contribution in [0.4, 0.5) is 0 Å². The molecule has 0 aliphatic carbocycles. The van der Waals surface area contributed by atoms with Crippen molar-refractivity contribution in [3.63, 3.8) is 0 Å². The third-order valence-electron chi connectivity index (χ3n) is 3.17. The molecule has 5 nitrogen and oxygen atoms in total. The van der Waals surface area contributed by atoms with Crippen molar-refractivity contribution in [1.29, 1.82) is 0 Å². The highest BCUT2D eigenvalue weighted by atomic mass is 32.1. The van der Waals surface area contributed by atoms with Gasteiger partial charge in [-0.3, -0.25) is 5.43 Å². The van der Waals surface area contributed by atoms with Gasteiger partial charge in [-0.25, -0.2) is 0 Å². The summed E-state index contributed by atoms with van der Waals surface area (Å²) in [6.45, 7) is 4.65. The van der Waals surface area contributed by atoms with Gasteiger partial charge in [0.1, 0.15) is 5.75 Å². The van der Waals surface area contributed by atoms with Gasteiger partial charge in [-0.05, 0) is 49.8 Å². The molecule has 6 heteroatoms. The first-order valence-corrected chi connectivity index (χ1v) is 7.35. The third kappa shape index (κ3) is 4.60. The van der Waals surface area contributed by atoms with Crippen molar-refractivity contribution in [1.82, 2.24) is 15.7 Å². The molecule has 3 N–H and O–H groups in total. The smallest absolute Gasteiger partial charge is 0.187 e. The first kappa shape index (κ1) is 16.0. The number of aromatic amines is 1. The number of aromatic nitrogens is 1. The van der Waals surface area contributed by atoms with E-state index in [1.54, 1.807) is 13.3 Å². The molecule has 0 aliphatic heterocycles. The Morgan fingerprint density at radius 3 is 2.64 bits per heavy atom. The van der Waals surface area contributed by atoms with Crippen LogP contribution in [0.25, 0.3) is 0 Å². The Bertz CT molecular complexity index is 661. The SMILES string of the molecule is COc1ccc(CNC(=S)N/N=C/c2cc(C)[nH]c2C)cc1. The second-order valence-electron chi connectivity index (χ2n) is 4.93. The van der Waals surface area contributed by atoms with E-state index in [-0.39, 0.29) is 0 Å². The van der Waals surface area contributed by atoms with Crippen molar-refractivity contribution in [3.05, 3.63) is 52.8 Å². The van der Waals surface area contributed by atoms with E-state index in [0.717, 1.165) is 28.3 Å². The van der Waals surface area contributed by atoms with E-state index in [1.165, 1.54) is 0 Å². The maximum atomic E-state index is 5.19. The van der Waals surface area contributed by atoms with Crippen LogP contribution >= 0.6 is 12.2 Å². The average molecular weight is 316 g/mol. The van der Waals surface area contributed by atoms with Gasteiger partial charge < -0.3 is 15.0 Å². The van der Waals surface area contributed by atoms with Crippen molar-refractivity contribution in [2.24, 2.45) is 5.10 Å². The second-order valence-corrected chi connectivity index (χ2v) is 5.34. The number of hydrogen-bond donors (Lipinski definition) is 3. The van der Waals surface area contributed by atoms with Gasteiger partial charge in [0.15, 0.2) is 5.11 Å². The zero-order valence-electron chi connectivity index (χ0n) is 12.9. The molecule has 0 spiro atoms. The van der Waals surface area contributed by atoms with Crippen LogP contribution in [0.2, 0.25) is 0 Å². The van der Waals surface area contributed by atoms with E-state index in [2.05, 4.69) is 20.8 Å². The van der Waals surface area contributed by atoms with Crippen molar-refractivity contribution in [2.45, 2.75) is 20.4 Å². The topological polar surface area (TPSA) is 61.4 Å². The summed E-state index contributed by atoms with van der Waals surface area (Å²) >= 11 is 5.19. The van der Waals surface area contributed by atoms with Crippen LogP contribution in [-0.4, -0.2) is 23.4 Å². The van der Waals surface area contributed by atoms with Gasteiger partial charge in [0, 0.05) is 23.5 Å². The predicted molar refractivity (Wildman–Crippen MR) is 93.4 cm³/mol. The van der Waals surface area contributed by atoms with Crippen LogP contribution in [0.1, 0.15) is 22.5 Å². The van der Waals surface area contributed by atoms with Crippen LogP contribution in [0.3, 0.4) is 0 Å². The Morgan fingerprint density at radius 1 is 1.32 bits per heavy atom. The summed E-state index contributed by atoms with van der Waals surface area (Å²) in [6.07, 6.45) is 1.75. The molecule has 116 valence electrons. The summed E-state index contributed by atoms with van der Waals surface area (Å²) in [5.74, 6) is 0.839. The minimum absolute atomic E-state index is 0.483. The van der Waals surface area contributed by atoms with Gasteiger partial charge >= 0.3 is 0 Å². The molecule has 0 fully saturated rings. The van der Waals surface area contributed by atoms with E-state index < -0.39 is 0 Å². The average Bonchev–Trinajstić information content (AvgIpc) is 2.83. The predicted octanol–water partition coefficient (Wildman–Crippen LogP) is 2.64. The lowest BCUT2D eigenvalue weighted by Gasteiger charge is -2.07. The number of hydrogen-bond acceptors (Lipinski definition) is 3. The number of rotatable bonds is 5. The highest BCUT2D eigenvalue weighted by molar-refractivity contribution is 7.80. The largest absolute Gasteiger partial charge is 0.497 e. The fraction of sp³-hybridized carbons (Fsp3) is 0.250. The Balaban J connectivity index is 1.79. The molecule has 0 radical (unpaired) electrons. The number of methoxy groups -OCH3 is 1. The quantitative estimate of drug-likeness (QED) is 0.451. The highest BCUT2D eigenvalue weighted by Gasteiger charge is 1.99. The normalized spacial score (nSPS) is 10.7. The van der Waals surface area contributed by atoms with Crippen LogP contribution < -0.4 is 15.5 Å². The van der Waals surface area contributed by atoms with Crippen molar-refractivity contribution < 1.29 is 4.74 Å². The fourth-order valence-electron chi connectivity index (χ4n) is 2.01. The molecule has 0 bridgehead atoms. The summed E-state index contributed by atoms with van der Waals surface area (Å²) < 4.78 is 5.12. The van der Waals surface area contributed by atoms with Crippen molar-refractivity contribution in [2.75, 3.05) is 7.11 Å². The molecule has 0 amide bonds. The molecule has 1 heterocycles. The standard InChI is InChI=1S/C16H20N4OS/c1-11-8-14(12(2)19-11)10-18-20-16(22)17-9-13-4-6-15(21-3)7-5-13/h4-8,10,19H,9H2,1-3H3,(H2,17,20,22)/b18-10+. The minimum Gasteiger partial charge on any atom is -0.497 e. The second kappa shape index (κ2) is 7.61. The summed E-state index contributed by atoms with van der Waals surface area (Å²) in [6, 6.07) is 9.85. The van der Waals surface area contributed by atoms with Crippen LogP contribution in [0.5, 0.6) is 5.75 Å². The summed E-state index contributed by atoms with van der Waals surface area (Å²) in [5.41, 5.74) is 7.17. The molecular weight excluding hydrogens is 296 g/mol. The maximum absolute atomic E-state index is 5.19. The van der Waals surface area contributed by atoms with E-state index in [9.17, 15) is 0 Å². The number of thiocarbonyl (C=S) groups is 1. The summed E-state index contributed by atoms with van der Waals surface area (Å²) in [5, 5.41) is 7.72. The van der Waals surface area contributed by atoms with Crippen LogP contribution in [0.15, 0.2) is 35.4 Å². The number of benzene rings is 1. The number of hydrazone groups is 1. The highest BCUT2D eigenvalue weighted by Crippen LogP contribution is 2.10. The van der Waals surface area contributed by atoms with Crippen LogP contribution in [-0.2, 0) is 6.54 Å². The Hall–Kier alpha value is -2.34. The van der Waals surface area contributed by atoms with Crippen molar-refractivity contribution >= 4 is 23.5 Å². The summed E-state index contributed by atoms with van der Waals surface area (Å²) in [4.78, 5) is 3.22. The third-order valence-corrected chi connectivity index (χ3v) is 3.41. The lowest BCUT2D eigenvalue weighted by molar-refractivity contribution is 0.414. The number of H-pyrrole nitrogens is 1. The number of ether oxygens (including phenoxy) is 1. The fourth-order valence-corrected chi connectivity index (χ4v) is 2.13.